The van der Waals surface area contributed by atoms with Gasteiger partial charge in [-0.1, -0.05) is 18.2 Å². The zero-order chi connectivity index (χ0) is 12.7. The van der Waals surface area contributed by atoms with Gasteiger partial charge in [0.1, 0.15) is 0 Å². The van der Waals surface area contributed by atoms with Crippen LogP contribution >= 0.6 is 0 Å². The molecule has 2 heterocycles. The lowest BCUT2D eigenvalue weighted by molar-refractivity contribution is 0.558. The highest BCUT2D eigenvalue weighted by Gasteiger charge is 2.30. The molecule has 1 aliphatic heterocycles. The zero-order valence-corrected chi connectivity index (χ0v) is 11.6. The van der Waals surface area contributed by atoms with Gasteiger partial charge in [-0.15, -0.1) is 0 Å². The predicted octanol–water partition coefficient (Wildman–Crippen LogP) is 1.99. The van der Waals surface area contributed by atoms with Crippen molar-refractivity contribution in [2.45, 2.75) is 17.2 Å². The summed E-state index contributed by atoms with van der Waals surface area (Å²) in [5.74, 6) is 1.26. The van der Waals surface area contributed by atoms with Gasteiger partial charge in [-0.25, -0.2) is 0 Å². The molecule has 1 N–H and O–H groups in total. The SMILES string of the molecule is CNCC1CCS(=O)c2c1n(C)c1ccccc21. The lowest BCUT2D eigenvalue weighted by Gasteiger charge is -2.23. The third kappa shape index (κ3) is 1.63. The zero-order valence-electron chi connectivity index (χ0n) is 10.8. The minimum atomic E-state index is -0.842. The van der Waals surface area contributed by atoms with Gasteiger partial charge in [0, 0.05) is 41.9 Å². The van der Waals surface area contributed by atoms with E-state index in [0.717, 1.165) is 29.0 Å². The lowest BCUT2D eigenvalue weighted by atomic mass is 10.0. The molecule has 18 heavy (non-hydrogen) atoms. The Morgan fingerprint density at radius 1 is 1.44 bits per heavy atom. The Labute approximate surface area is 110 Å². The summed E-state index contributed by atoms with van der Waals surface area (Å²) >= 11 is 0. The normalized spacial score (nSPS) is 23.2. The molecule has 4 heteroatoms. The van der Waals surface area contributed by atoms with Crippen LogP contribution in [0.5, 0.6) is 0 Å². The van der Waals surface area contributed by atoms with Crippen LogP contribution in [0.25, 0.3) is 10.9 Å². The fourth-order valence-electron chi connectivity index (χ4n) is 3.01. The van der Waals surface area contributed by atoms with Crippen LogP contribution in [0.2, 0.25) is 0 Å². The van der Waals surface area contributed by atoms with E-state index in [1.807, 2.05) is 19.2 Å². The highest BCUT2D eigenvalue weighted by molar-refractivity contribution is 7.85. The summed E-state index contributed by atoms with van der Waals surface area (Å²) in [6.07, 6.45) is 1.00. The first-order valence-corrected chi connectivity index (χ1v) is 7.66. The standard InChI is InChI=1S/C14H18N2OS/c1-15-9-10-7-8-18(17)14-11-5-3-4-6-12(11)16(2)13(10)14/h3-6,10,15H,7-9H2,1-2H3. The van der Waals surface area contributed by atoms with E-state index in [-0.39, 0.29) is 0 Å². The summed E-state index contributed by atoms with van der Waals surface area (Å²) < 4.78 is 14.6. The Balaban J connectivity index is 2.30. The molecule has 2 aromatic rings. The monoisotopic (exact) mass is 262 g/mol. The van der Waals surface area contributed by atoms with E-state index in [1.54, 1.807) is 0 Å². The van der Waals surface area contributed by atoms with Crippen molar-refractivity contribution < 1.29 is 4.21 Å². The molecule has 0 radical (unpaired) electrons. The molecule has 2 atom stereocenters. The van der Waals surface area contributed by atoms with Crippen LogP contribution in [-0.4, -0.2) is 28.1 Å². The number of aromatic nitrogens is 1. The predicted molar refractivity (Wildman–Crippen MR) is 75.5 cm³/mol. The molecule has 0 saturated carbocycles. The number of hydrogen-bond acceptors (Lipinski definition) is 2. The van der Waals surface area contributed by atoms with Gasteiger partial charge in [-0.3, -0.25) is 4.21 Å². The van der Waals surface area contributed by atoms with Gasteiger partial charge in [0.25, 0.3) is 0 Å². The molecule has 96 valence electrons. The van der Waals surface area contributed by atoms with Crippen molar-refractivity contribution in [3.05, 3.63) is 30.0 Å². The van der Waals surface area contributed by atoms with Crippen molar-refractivity contribution in [1.29, 1.82) is 0 Å². The third-order valence-electron chi connectivity index (χ3n) is 3.82. The number of likely N-dealkylation sites (N-methyl/N-ethyl adjacent to an activating group) is 1. The van der Waals surface area contributed by atoms with Crippen molar-refractivity contribution in [2.24, 2.45) is 7.05 Å². The molecule has 1 aromatic heterocycles. The van der Waals surface area contributed by atoms with Crippen molar-refractivity contribution in [1.82, 2.24) is 9.88 Å². The van der Waals surface area contributed by atoms with Gasteiger partial charge >= 0.3 is 0 Å². The van der Waals surface area contributed by atoms with E-state index < -0.39 is 10.8 Å². The van der Waals surface area contributed by atoms with E-state index in [0.29, 0.717) is 5.92 Å². The minimum Gasteiger partial charge on any atom is -0.346 e. The molecule has 0 fully saturated rings. The van der Waals surface area contributed by atoms with E-state index >= 15 is 0 Å². The van der Waals surface area contributed by atoms with Crippen LogP contribution < -0.4 is 5.32 Å². The highest BCUT2D eigenvalue weighted by atomic mass is 32.2. The first-order chi connectivity index (χ1) is 8.74. The maximum atomic E-state index is 12.3. The molecular formula is C14H18N2OS. The number of rotatable bonds is 2. The summed E-state index contributed by atoms with van der Waals surface area (Å²) in [6.45, 7) is 0.953. The summed E-state index contributed by atoms with van der Waals surface area (Å²) in [7, 11) is 3.23. The molecule has 1 aliphatic rings. The number of aryl methyl sites for hydroxylation is 1. The summed E-state index contributed by atoms with van der Waals surface area (Å²) in [5.41, 5.74) is 2.45. The largest absolute Gasteiger partial charge is 0.346 e. The third-order valence-corrected chi connectivity index (χ3v) is 5.31. The maximum Gasteiger partial charge on any atom is 0.0679 e. The summed E-state index contributed by atoms with van der Waals surface area (Å²) in [5, 5.41) is 4.41. The van der Waals surface area contributed by atoms with Gasteiger partial charge in [0.2, 0.25) is 0 Å². The minimum absolute atomic E-state index is 0.472. The lowest BCUT2D eigenvalue weighted by Crippen LogP contribution is -2.25. The van der Waals surface area contributed by atoms with E-state index in [9.17, 15) is 4.21 Å². The van der Waals surface area contributed by atoms with Gasteiger partial charge in [0.15, 0.2) is 0 Å². The number of nitrogens with zero attached hydrogens (tertiary/aromatic N) is 1. The molecular weight excluding hydrogens is 244 g/mol. The number of hydrogen-bond donors (Lipinski definition) is 1. The second-order valence-electron chi connectivity index (χ2n) is 4.88. The van der Waals surface area contributed by atoms with Crippen molar-refractivity contribution >= 4 is 21.7 Å². The van der Waals surface area contributed by atoms with Crippen LogP contribution in [-0.2, 0) is 17.8 Å². The molecule has 0 aliphatic carbocycles. The average Bonchev–Trinajstić information content (AvgIpc) is 2.69. The quantitative estimate of drug-likeness (QED) is 0.898. The second kappa shape index (κ2) is 4.52. The Morgan fingerprint density at radius 2 is 2.22 bits per heavy atom. The fourth-order valence-corrected chi connectivity index (χ4v) is 4.67. The molecule has 0 saturated heterocycles. The molecule has 0 amide bonds. The Morgan fingerprint density at radius 3 is 3.00 bits per heavy atom. The smallest absolute Gasteiger partial charge is 0.0679 e. The number of nitrogens with one attached hydrogen (secondary N) is 1. The maximum absolute atomic E-state index is 12.3. The molecule has 3 nitrogen and oxygen atoms in total. The number of para-hydroxylation sites is 1. The van der Waals surface area contributed by atoms with E-state index in [1.165, 1.54) is 11.2 Å². The summed E-state index contributed by atoms with van der Waals surface area (Å²) in [6, 6.07) is 8.28. The summed E-state index contributed by atoms with van der Waals surface area (Å²) in [4.78, 5) is 1.07. The number of benzene rings is 1. The fraction of sp³-hybridized carbons (Fsp3) is 0.429. The van der Waals surface area contributed by atoms with Crippen LogP contribution in [0, 0.1) is 0 Å². The van der Waals surface area contributed by atoms with Crippen LogP contribution in [0.4, 0.5) is 0 Å². The Bertz CT molecular complexity index is 618. The molecule has 1 aromatic carbocycles. The van der Waals surface area contributed by atoms with E-state index in [4.69, 9.17) is 0 Å². The molecule has 2 unspecified atom stereocenters. The van der Waals surface area contributed by atoms with Crippen LogP contribution in [0.1, 0.15) is 18.0 Å². The van der Waals surface area contributed by atoms with Gasteiger partial charge in [-0.2, -0.15) is 0 Å². The first kappa shape index (κ1) is 11.9. The van der Waals surface area contributed by atoms with Gasteiger partial charge in [-0.05, 0) is 19.5 Å². The highest BCUT2D eigenvalue weighted by Crippen LogP contribution is 2.38. The second-order valence-corrected chi connectivity index (χ2v) is 6.39. The molecule has 3 rings (SSSR count). The van der Waals surface area contributed by atoms with Crippen molar-refractivity contribution in [3.8, 4) is 0 Å². The van der Waals surface area contributed by atoms with E-state index in [2.05, 4.69) is 29.1 Å². The van der Waals surface area contributed by atoms with Crippen molar-refractivity contribution in [2.75, 3.05) is 19.3 Å². The Kier molecular flexibility index (Phi) is 2.99. The van der Waals surface area contributed by atoms with Crippen LogP contribution in [0.15, 0.2) is 29.2 Å². The van der Waals surface area contributed by atoms with Crippen molar-refractivity contribution in [3.63, 3.8) is 0 Å². The molecule has 0 spiro atoms. The number of fused-ring (bicyclic) bond motifs is 3. The van der Waals surface area contributed by atoms with Gasteiger partial charge < -0.3 is 9.88 Å². The first-order valence-electron chi connectivity index (χ1n) is 6.34. The molecule has 0 bridgehead atoms. The van der Waals surface area contributed by atoms with Gasteiger partial charge in [0.05, 0.1) is 15.7 Å². The van der Waals surface area contributed by atoms with Crippen LogP contribution in [0.3, 0.4) is 0 Å². The average molecular weight is 262 g/mol. The Hall–Kier alpha value is -1.13. The topological polar surface area (TPSA) is 34.0 Å².